The van der Waals surface area contributed by atoms with E-state index >= 15 is 0 Å². The van der Waals surface area contributed by atoms with E-state index in [0.717, 1.165) is 6.92 Å². The summed E-state index contributed by atoms with van der Waals surface area (Å²) >= 11 is 0. The highest BCUT2D eigenvalue weighted by atomic mass is 16.7. The number of amides is 1. The fourth-order valence-corrected chi connectivity index (χ4v) is 2.50. The number of aliphatic hydroxyl groups is 1. The molecule has 0 saturated heterocycles. The molecular formula is C19H19NO7. The Kier molecular flexibility index (Phi) is 6.51. The zero-order valence-corrected chi connectivity index (χ0v) is 14.8. The van der Waals surface area contributed by atoms with Crippen molar-refractivity contribution in [2.24, 2.45) is 0 Å². The van der Waals surface area contributed by atoms with E-state index in [2.05, 4.69) is 0 Å². The number of carbonyl (C=O) groups excluding carboxylic acids is 2. The molecule has 1 amide bonds. The van der Waals surface area contributed by atoms with Crippen LogP contribution in [0.1, 0.15) is 17.3 Å². The molecule has 8 nitrogen and oxygen atoms in total. The number of carboxylic acids is 1. The van der Waals surface area contributed by atoms with Crippen LogP contribution >= 0.6 is 0 Å². The van der Waals surface area contributed by atoms with Crippen molar-refractivity contribution in [3.8, 4) is 16.9 Å². The molecule has 2 aromatic rings. The van der Waals surface area contributed by atoms with E-state index < -0.39 is 30.5 Å². The summed E-state index contributed by atoms with van der Waals surface area (Å²) in [5.41, 5.74) is 1.22. The van der Waals surface area contributed by atoms with Crippen LogP contribution in [-0.2, 0) is 14.4 Å². The number of ether oxygens (including phenoxy) is 1. The predicted octanol–water partition coefficient (Wildman–Crippen LogP) is 1.73. The third-order valence-electron chi connectivity index (χ3n) is 3.77. The normalized spacial score (nSPS) is 11.4. The van der Waals surface area contributed by atoms with E-state index in [1.165, 1.54) is 7.11 Å². The summed E-state index contributed by atoms with van der Waals surface area (Å²) < 4.78 is 5.23. The molecule has 8 heteroatoms. The molecule has 0 saturated carbocycles. The highest BCUT2D eigenvalue weighted by Gasteiger charge is 2.32. The summed E-state index contributed by atoms with van der Waals surface area (Å²) in [6.07, 6.45) is 0. The van der Waals surface area contributed by atoms with Crippen LogP contribution in [0.3, 0.4) is 0 Å². The lowest BCUT2D eigenvalue weighted by atomic mass is 9.99. The SMILES string of the molecule is COc1cccc(-c2ccccc2)c1C(=O)ON(C(C)=O)[C@@H](CO)C(=O)O. The van der Waals surface area contributed by atoms with Crippen LogP contribution in [0.2, 0.25) is 0 Å². The maximum absolute atomic E-state index is 12.8. The molecule has 0 spiro atoms. The van der Waals surface area contributed by atoms with Crippen molar-refractivity contribution in [2.75, 3.05) is 13.7 Å². The second-order valence-electron chi connectivity index (χ2n) is 5.51. The van der Waals surface area contributed by atoms with Crippen molar-refractivity contribution in [3.05, 3.63) is 54.1 Å². The summed E-state index contributed by atoms with van der Waals surface area (Å²) in [6, 6.07) is 12.1. The Bertz CT molecular complexity index is 835. The molecule has 27 heavy (non-hydrogen) atoms. The maximum atomic E-state index is 12.8. The van der Waals surface area contributed by atoms with E-state index in [4.69, 9.17) is 14.7 Å². The molecule has 142 valence electrons. The van der Waals surface area contributed by atoms with Gasteiger partial charge in [0.1, 0.15) is 11.3 Å². The molecule has 2 aromatic carbocycles. The van der Waals surface area contributed by atoms with Crippen LogP contribution in [0.5, 0.6) is 5.75 Å². The lowest BCUT2D eigenvalue weighted by Crippen LogP contribution is -2.47. The second-order valence-corrected chi connectivity index (χ2v) is 5.51. The Morgan fingerprint density at radius 1 is 1.07 bits per heavy atom. The Labute approximate surface area is 155 Å². The largest absolute Gasteiger partial charge is 0.496 e. The summed E-state index contributed by atoms with van der Waals surface area (Å²) in [5, 5.41) is 18.7. The molecule has 2 rings (SSSR count). The number of carbonyl (C=O) groups is 3. The first-order chi connectivity index (χ1) is 12.9. The van der Waals surface area contributed by atoms with Gasteiger partial charge in [-0.25, -0.2) is 9.59 Å². The average molecular weight is 373 g/mol. The fraction of sp³-hybridized carbons (Fsp3) is 0.211. The zero-order valence-electron chi connectivity index (χ0n) is 14.8. The molecule has 0 aliphatic heterocycles. The zero-order chi connectivity index (χ0) is 20.0. The number of hydrogen-bond donors (Lipinski definition) is 2. The highest BCUT2D eigenvalue weighted by molar-refractivity contribution is 6.00. The minimum Gasteiger partial charge on any atom is -0.496 e. The minimum absolute atomic E-state index is 0.0273. The van der Waals surface area contributed by atoms with Gasteiger partial charge in [-0.15, -0.1) is 0 Å². The van der Waals surface area contributed by atoms with Crippen molar-refractivity contribution in [1.82, 2.24) is 5.06 Å². The Morgan fingerprint density at radius 3 is 2.26 bits per heavy atom. The van der Waals surface area contributed by atoms with Crippen LogP contribution in [-0.4, -0.2) is 52.9 Å². The first kappa shape index (κ1) is 19.9. The van der Waals surface area contributed by atoms with Gasteiger partial charge in [-0.05, 0) is 11.6 Å². The van der Waals surface area contributed by atoms with Crippen LogP contribution in [0.25, 0.3) is 11.1 Å². The van der Waals surface area contributed by atoms with Gasteiger partial charge in [0.05, 0.1) is 13.7 Å². The lowest BCUT2D eigenvalue weighted by molar-refractivity contribution is -0.188. The first-order valence-electron chi connectivity index (χ1n) is 7.98. The van der Waals surface area contributed by atoms with Gasteiger partial charge >= 0.3 is 11.9 Å². The van der Waals surface area contributed by atoms with Crippen molar-refractivity contribution >= 4 is 17.8 Å². The molecule has 0 unspecified atom stereocenters. The lowest BCUT2D eigenvalue weighted by Gasteiger charge is -2.25. The van der Waals surface area contributed by atoms with Crippen molar-refractivity contribution in [3.63, 3.8) is 0 Å². The number of methoxy groups -OCH3 is 1. The van der Waals surface area contributed by atoms with Gasteiger partial charge in [-0.3, -0.25) is 4.79 Å². The van der Waals surface area contributed by atoms with Crippen molar-refractivity contribution in [2.45, 2.75) is 13.0 Å². The highest BCUT2D eigenvalue weighted by Crippen LogP contribution is 2.31. The van der Waals surface area contributed by atoms with Gasteiger partial charge in [0.15, 0.2) is 6.04 Å². The van der Waals surface area contributed by atoms with Crippen LogP contribution in [0, 0.1) is 0 Å². The molecule has 0 heterocycles. The third-order valence-corrected chi connectivity index (χ3v) is 3.77. The molecule has 0 bridgehead atoms. The molecule has 0 radical (unpaired) electrons. The number of rotatable bonds is 6. The van der Waals surface area contributed by atoms with Crippen LogP contribution in [0.4, 0.5) is 0 Å². The molecule has 0 fully saturated rings. The van der Waals surface area contributed by atoms with Crippen LogP contribution < -0.4 is 4.74 Å². The number of hydroxylamine groups is 2. The third kappa shape index (κ3) is 4.42. The molecular weight excluding hydrogens is 354 g/mol. The van der Waals surface area contributed by atoms with Gasteiger partial charge in [-0.1, -0.05) is 42.5 Å². The quantitative estimate of drug-likeness (QED) is 0.741. The number of aliphatic carboxylic acids is 1. The Balaban J connectivity index is 2.48. The van der Waals surface area contributed by atoms with E-state index in [-0.39, 0.29) is 11.3 Å². The van der Waals surface area contributed by atoms with Gasteiger partial charge in [0.2, 0.25) is 0 Å². The smallest absolute Gasteiger partial charge is 0.367 e. The number of aliphatic hydroxyl groups excluding tert-OH is 1. The van der Waals surface area contributed by atoms with E-state index in [1.54, 1.807) is 42.5 Å². The Hall–Kier alpha value is -3.39. The second kappa shape index (κ2) is 8.81. The van der Waals surface area contributed by atoms with Gasteiger partial charge in [-0.2, -0.15) is 5.06 Å². The average Bonchev–Trinajstić information content (AvgIpc) is 2.67. The first-order valence-corrected chi connectivity index (χ1v) is 7.98. The summed E-state index contributed by atoms with van der Waals surface area (Å²) in [4.78, 5) is 40.9. The van der Waals surface area contributed by atoms with Crippen LogP contribution in [0.15, 0.2) is 48.5 Å². The van der Waals surface area contributed by atoms with E-state index in [1.807, 2.05) is 6.07 Å². The summed E-state index contributed by atoms with van der Waals surface area (Å²) in [6.45, 7) is 0.110. The molecule has 2 N–H and O–H groups in total. The minimum atomic E-state index is -1.72. The molecule has 0 aliphatic carbocycles. The Morgan fingerprint density at radius 2 is 1.74 bits per heavy atom. The number of hydrogen-bond acceptors (Lipinski definition) is 6. The van der Waals surface area contributed by atoms with Crippen molar-refractivity contribution in [1.29, 1.82) is 0 Å². The molecule has 0 aliphatic rings. The number of carboxylic acid groups (broad SMARTS) is 1. The summed E-state index contributed by atoms with van der Waals surface area (Å²) in [7, 11) is 1.37. The fourth-order valence-electron chi connectivity index (χ4n) is 2.50. The van der Waals surface area contributed by atoms with Gasteiger partial charge < -0.3 is 19.8 Å². The summed E-state index contributed by atoms with van der Waals surface area (Å²) in [5.74, 6) is -3.15. The maximum Gasteiger partial charge on any atom is 0.367 e. The number of nitrogens with zero attached hydrogens (tertiary/aromatic N) is 1. The van der Waals surface area contributed by atoms with Gasteiger partial charge in [0, 0.05) is 12.5 Å². The van der Waals surface area contributed by atoms with E-state index in [9.17, 15) is 19.5 Å². The molecule has 0 aromatic heterocycles. The standard InChI is InChI=1S/C19H19NO7/c1-12(22)20(15(11-21)18(23)24)27-19(25)17-14(9-6-10-16(17)26-2)13-7-4-3-5-8-13/h3-10,15,21H,11H2,1-2H3,(H,23,24)/t15-/m0/s1. The monoisotopic (exact) mass is 373 g/mol. The predicted molar refractivity (Wildman–Crippen MR) is 94.9 cm³/mol. The van der Waals surface area contributed by atoms with Crippen molar-refractivity contribution < 1.29 is 34.2 Å². The number of benzene rings is 2. The van der Waals surface area contributed by atoms with E-state index in [0.29, 0.717) is 16.2 Å². The van der Waals surface area contributed by atoms with Gasteiger partial charge in [0.25, 0.3) is 5.91 Å². The molecule has 1 atom stereocenters. The topological polar surface area (TPSA) is 113 Å².